The Bertz CT molecular complexity index is 1280. The van der Waals surface area contributed by atoms with Crippen LogP contribution >= 0.6 is 11.6 Å². The van der Waals surface area contributed by atoms with Gasteiger partial charge in [-0.1, -0.05) is 117 Å². The van der Waals surface area contributed by atoms with E-state index in [4.69, 9.17) is 16.3 Å². The van der Waals surface area contributed by atoms with Crippen LogP contribution < -0.4 is 4.74 Å². The quantitative estimate of drug-likeness (QED) is 0.246. The van der Waals surface area contributed by atoms with Gasteiger partial charge in [0.15, 0.2) is 5.78 Å². The number of carbonyl (C=O) groups excluding carboxylic acids is 1. The lowest BCUT2D eigenvalue weighted by Crippen LogP contribution is -2.29. The highest BCUT2D eigenvalue weighted by atomic mass is 35.5. The number of hydrogen-bond acceptors (Lipinski definition) is 3. The van der Waals surface area contributed by atoms with Crippen molar-refractivity contribution in [2.24, 2.45) is 11.8 Å². The number of halogens is 1. The Kier molecular flexibility index (Phi) is 17.9. The van der Waals surface area contributed by atoms with Gasteiger partial charge in [-0.05, 0) is 79.0 Å². The van der Waals surface area contributed by atoms with Gasteiger partial charge in [0.2, 0.25) is 0 Å². The lowest BCUT2D eigenvalue weighted by Gasteiger charge is -2.26. The standard InChI is InChI=1S/C27H29ClN2O2.C7H16.2C2H6/c1-5-16(3)24-13-18(25-14-29-30-17(25)4)7-9-23(24)22(6-2)27(31)20-11-19-12-21(28)8-10-26(19)32-15-20;1-4-6-7(3)5-2;2*1-2/h6-10,12-14,16,20H,5,11,15H2,1-4H3,(H,29,30);7H,4-6H2,1-3H3;2*1-2H3/b22-6+;;;/t16?,20-;7-;;/m01../s1. The van der Waals surface area contributed by atoms with Gasteiger partial charge in [-0.25, -0.2) is 0 Å². The van der Waals surface area contributed by atoms with E-state index in [0.717, 1.165) is 51.6 Å². The van der Waals surface area contributed by atoms with Crippen LogP contribution in [0.3, 0.4) is 0 Å². The van der Waals surface area contributed by atoms with Crippen molar-refractivity contribution in [3.8, 4) is 16.9 Å². The molecule has 3 aromatic rings. The maximum atomic E-state index is 13.7. The molecule has 1 unspecified atom stereocenters. The molecule has 2 aromatic carbocycles. The van der Waals surface area contributed by atoms with Gasteiger partial charge in [-0.2, -0.15) is 5.10 Å². The number of aryl methyl sites for hydroxylation is 1. The minimum absolute atomic E-state index is 0.120. The molecule has 2 heterocycles. The fourth-order valence-corrected chi connectivity index (χ4v) is 5.32. The normalized spacial score (nSPS) is 15.2. The van der Waals surface area contributed by atoms with Crippen LogP contribution in [0.5, 0.6) is 5.75 Å². The third kappa shape index (κ3) is 10.7. The van der Waals surface area contributed by atoms with E-state index in [9.17, 15) is 4.79 Å². The number of nitrogens with zero attached hydrogens (tertiary/aromatic N) is 1. The number of ketones is 1. The molecule has 4 nitrogen and oxygen atoms in total. The highest BCUT2D eigenvalue weighted by Crippen LogP contribution is 2.36. The Morgan fingerprint density at radius 3 is 2.30 bits per heavy atom. The molecule has 0 radical (unpaired) electrons. The predicted molar refractivity (Wildman–Crippen MR) is 187 cm³/mol. The lowest BCUT2D eigenvalue weighted by atomic mass is 9.82. The molecule has 0 aliphatic carbocycles. The molecular formula is C38H57ClN2O2. The second-order valence-electron chi connectivity index (χ2n) is 10.9. The van der Waals surface area contributed by atoms with Gasteiger partial charge >= 0.3 is 0 Å². The van der Waals surface area contributed by atoms with Crippen LogP contribution in [-0.4, -0.2) is 22.6 Å². The largest absolute Gasteiger partial charge is 0.493 e. The van der Waals surface area contributed by atoms with Crippen molar-refractivity contribution in [3.63, 3.8) is 0 Å². The lowest BCUT2D eigenvalue weighted by molar-refractivity contribution is -0.118. The van der Waals surface area contributed by atoms with Gasteiger partial charge in [-0.15, -0.1) is 0 Å². The highest BCUT2D eigenvalue weighted by molar-refractivity contribution is 6.30. The summed E-state index contributed by atoms with van der Waals surface area (Å²) in [5.74, 6) is 1.98. The molecule has 0 saturated heterocycles. The second kappa shape index (κ2) is 20.2. The third-order valence-electron chi connectivity index (χ3n) is 7.96. The van der Waals surface area contributed by atoms with Gasteiger partial charge < -0.3 is 4.74 Å². The van der Waals surface area contributed by atoms with Crippen molar-refractivity contribution >= 4 is 23.0 Å². The number of carbonyl (C=O) groups is 1. The van der Waals surface area contributed by atoms with E-state index in [0.29, 0.717) is 24.0 Å². The number of allylic oxidation sites excluding steroid dienone is 2. The SMILES string of the molecule is C/C=C(/C(=O)[C@@H]1COc2ccc(Cl)cc2C1)c1ccc(-c2cn[nH]c2C)cc1C(C)CC.CC.CC.CCC[C@H](C)CC. The van der Waals surface area contributed by atoms with Gasteiger partial charge in [0.05, 0.1) is 18.7 Å². The zero-order valence-corrected chi connectivity index (χ0v) is 29.5. The number of aromatic amines is 1. The van der Waals surface area contributed by atoms with E-state index >= 15 is 0 Å². The maximum Gasteiger partial charge on any atom is 0.169 e. The number of ether oxygens (including phenoxy) is 1. The Balaban J connectivity index is 0.000000730. The minimum atomic E-state index is -0.229. The second-order valence-corrected chi connectivity index (χ2v) is 11.3. The first-order valence-corrected chi connectivity index (χ1v) is 16.9. The molecule has 0 amide bonds. The molecule has 0 fully saturated rings. The van der Waals surface area contributed by atoms with Gasteiger partial charge in [-0.3, -0.25) is 9.89 Å². The van der Waals surface area contributed by atoms with Crippen LogP contribution in [0.4, 0.5) is 0 Å². The number of H-pyrrole nitrogens is 1. The molecule has 1 aliphatic heterocycles. The van der Waals surface area contributed by atoms with Crippen molar-refractivity contribution in [1.82, 2.24) is 10.2 Å². The molecule has 0 saturated carbocycles. The van der Waals surface area contributed by atoms with E-state index < -0.39 is 0 Å². The summed E-state index contributed by atoms with van der Waals surface area (Å²) in [6, 6.07) is 12.0. The van der Waals surface area contributed by atoms with Crippen LogP contribution in [0.15, 0.2) is 48.7 Å². The third-order valence-corrected chi connectivity index (χ3v) is 8.19. The minimum Gasteiger partial charge on any atom is -0.493 e. The fourth-order valence-electron chi connectivity index (χ4n) is 5.12. The van der Waals surface area contributed by atoms with Gasteiger partial charge in [0, 0.05) is 21.9 Å². The summed E-state index contributed by atoms with van der Waals surface area (Å²) in [4.78, 5) is 13.7. The summed E-state index contributed by atoms with van der Waals surface area (Å²) in [5, 5.41) is 7.84. The van der Waals surface area contributed by atoms with Crippen LogP contribution in [0.1, 0.15) is 123 Å². The van der Waals surface area contributed by atoms with E-state index in [1.165, 1.54) is 24.8 Å². The molecule has 3 atom stereocenters. The van der Waals surface area contributed by atoms with Crippen molar-refractivity contribution in [3.05, 3.63) is 76.1 Å². The van der Waals surface area contributed by atoms with Gasteiger partial charge in [0.25, 0.3) is 0 Å². The average Bonchev–Trinajstić information content (AvgIpc) is 3.48. The predicted octanol–water partition coefficient (Wildman–Crippen LogP) is 11.7. The zero-order valence-electron chi connectivity index (χ0n) is 28.7. The first-order chi connectivity index (χ1) is 20.7. The molecule has 43 heavy (non-hydrogen) atoms. The smallest absolute Gasteiger partial charge is 0.169 e. The summed E-state index contributed by atoms with van der Waals surface area (Å²) in [6.45, 7) is 23.5. The Morgan fingerprint density at radius 2 is 1.77 bits per heavy atom. The highest BCUT2D eigenvalue weighted by Gasteiger charge is 2.30. The number of aromatic nitrogens is 2. The van der Waals surface area contributed by atoms with E-state index in [1.807, 2.05) is 72.0 Å². The molecule has 1 aliphatic rings. The van der Waals surface area contributed by atoms with Crippen LogP contribution in [0.25, 0.3) is 16.7 Å². The molecule has 0 spiro atoms. The fraction of sp³-hybridized carbons (Fsp3) is 0.526. The van der Waals surface area contributed by atoms with E-state index in [2.05, 4.69) is 63.0 Å². The van der Waals surface area contributed by atoms with Gasteiger partial charge in [0.1, 0.15) is 5.75 Å². The number of nitrogens with one attached hydrogen (secondary N) is 1. The summed E-state index contributed by atoms with van der Waals surface area (Å²) < 4.78 is 5.91. The Hall–Kier alpha value is -2.85. The summed E-state index contributed by atoms with van der Waals surface area (Å²) in [7, 11) is 0. The first kappa shape index (κ1) is 38.2. The molecule has 0 bridgehead atoms. The van der Waals surface area contributed by atoms with Crippen LogP contribution in [-0.2, 0) is 11.2 Å². The molecule has 4 rings (SSSR count). The molecule has 238 valence electrons. The number of benzene rings is 2. The summed E-state index contributed by atoms with van der Waals surface area (Å²) in [6.07, 6.45) is 9.51. The Morgan fingerprint density at radius 1 is 1.07 bits per heavy atom. The van der Waals surface area contributed by atoms with Crippen LogP contribution in [0, 0.1) is 18.8 Å². The summed E-state index contributed by atoms with van der Waals surface area (Å²) >= 11 is 6.17. The maximum absolute atomic E-state index is 13.7. The zero-order chi connectivity index (χ0) is 32.5. The number of fused-ring (bicyclic) bond motifs is 1. The van der Waals surface area contributed by atoms with Crippen molar-refractivity contribution in [2.45, 2.75) is 114 Å². The number of rotatable bonds is 9. The Labute approximate surface area is 267 Å². The van der Waals surface area contributed by atoms with Crippen molar-refractivity contribution < 1.29 is 9.53 Å². The molecule has 1 aromatic heterocycles. The van der Waals surface area contributed by atoms with Crippen molar-refractivity contribution in [2.75, 3.05) is 6.61 Å². The first-order valence-electron chi connectivity index (χ1n) is 16.5. The van der Waals surface area contributed by atoms with Crippen LogP contribution in [0.2, 0.25) is 5.02 Å². The van der Waals surface area contributed by atoms with E-state index in [-0.39, 0.29) is 11.7 Å². The molecule has 5 heteroatoms. The summed E-state index contributed by atoms with van der Waals surface area (Å²) in [5.41, 5.74) is 7.18. The number of Topliss-reactive ketones (excluding diaryl/α,β-unsaturated/α-hetero) is 1. The molecular weight excluding hydrogens is 552 g/mol. The molecule has 1 N–H and O–H groups in total. The number of hydrogen-bond donors (Lipinski definition) is 1. The van der Waals surface area contributed by atoms with Crippen molar-refractivity contribution in [1.29, 1.82) is 0 Å². The topological polar surface area (TPSA) is 55.0 Å². The monoisotopic (exact) mass is 608 g/mol. The van der Waals surface area contributed by atoms with E-state index in [1.54, 1.807) is 0 Å². The average molecular weight is 609 g/mol.